The van der Waals surface area contributed by atoms with Crippen molar-refractivity contribution in [1.82, 2.24) is 0 Å². The molecule has 1 N–H and O–H groups in total. The number of anilines is 1. The van der Waals surface area contributed by atoms with Gasteiger partial charge in [0.15, 0.2) is 0 Å². The van der Waals surface area contributed by atoms with E-state index in [-0.39, 0.29) is 16.8 Å². The minimum atomic E-state index is -0.451. The van der Waals surface area contributed by atoms with Gasteiger partial charge in [-0.05, 0) is 49.7 Å². The van der Waals surface area contributed by atoms with E-state index >= 15 is 0 Å². The SMILES string of the molecule is Cc1cc(Cl)ccc1NC(=O)[C@H](C)Sc1ccc([N+](=O)[O-])cc1. The van der Waals surface area contributed by atoms with Gasteiger partial charge in [0.25, 0.3) is 5.69 Å². The van der Waals surface area contributed by atoms with Gasteiger partial charge in [-0.1, -0.05) is 11.6 Å². The minimum absolute atomic E-state index is 0.0308. The minimum Gasteiger partial charge on any atom is -0.325 e. The highest BCUT2D eigenvalue weighted by Gasteiger charge is 2.16. The molecule has 2 aromatic carbocycles. The van der Waals surface area contributed by atoms with Crippen molar-refractivity contribution in [2.45, 2.75) is 24.0 Å². The molecule has 7 heteroatoms. The fourth-order valence-electron chi connectivity index (χ4n) is 1.91. The fourth-order valence-corrected chi connectivity index (χ4v) is 3.00. The first-order chi connectivity index (χ1) is 10.9. The van der Waals surface area contributed by atoms with Crippen molar-refractivity contribution < 1.29 is 9.72 Å². The monoisotopic (exact) mass is 350 g/mol. The summed E-state index contributed by atoms with van der Waals surface area (Å²) < 4.78 is 0. The van der Waals surface area contributed by atoms with Crippen LogP contribution in [0.1, 0.15) is 12.5 Å². The van der Waals surface area contributed by atoms with Gasteiger partial charge >= 0.3 is 0 Å². The Morgan fingerprint density at radius 1 is 1.26 bits per heavy atom. The third-order valence-electron chi connectivity index (χ3n) is 3.18. The van der Waals surface area contributed by atoms with Gasteiger partial charge in [-0.25, -0.2) is 0 Å². The molecule has 1 atom stereocenters. The molecule has 120 valence electrons. The number of benzene rings is 2. The molecule has 0 aliphatic heterocycles. The second-order valence-corrected chi connectivity index (χ2v) is 6.81. The van der Waals surface area contributed by atoms with Crippen LogP contribution in [0.2, 0.25) is 5.02 Å². The number of nitro groups is 1. The first kappa shape index (κ1) is 17.3. The molecular weight excluding hydrogens is 336 g/mol. The maximum atomic E-state index is 12.3. The van der Waals surface area contributed by atoms with Crippen LogP contribution in [0.3, 0.4) is 0 Å². The van der Waals surface area contributed by atoms with Crippen molar-refractivity contribution in [3.63, 3.8) is 0 Å². The third kappa shape index (κ3) is 4.71. The molecule has 0 aliphatic rings. The summed E-state index contributed by atoms with van der Waals surface area (Å²) in [7, 11) is 0. The number of carbonyl (C=O) groups is 1. The molecule has 23 heavy (non-hydrogen) atoms. The molecule has 0 unspecified atom stereocenters. The first-order valence-corrected chi connectivity index (χ1v) is 8.10. The van der Waals surface area contributed by atoms with Gasteiger partial charge in [0, 0.05) is 27.7 Å². The van der Waals surface area contributed by atoms with Crippen molar-refractivity contribution in [2.75, 3.05) is 5.32 Å². The van der Waals surface area contributed by atoms with Crippen LogP contribution < -0.4 is 5.32 Å². The van der Waals surface area contributed by atoms with Gasteiger partial charge in [0.05, 0.1) is 10.2 Å². The summed E-state index contributed by atoms with van der Waals surface area (Å²) in [5.74, 6) is -0.140. The zero-order valence-electron chi connectivity index (χ0n) is 12.6. The van der Waals surface area contributed by atoms with E-state index in [1.807, 2.05) is 6.92 Å². The van der Waals surface area contributed by atoms with Gasteiger partial charge in [-0.3, -0.25) is 14.9 Å². The number of hydrogen-bond donors (Lipinski definition) is 1. The zero-order valence-corrected chi connectivity index (χ0v) is 14.1. The number of nitrogens with zero attached hydrogens (tertiary/aromatic N) is 1. The summed E-state index contributed by atoms with van der Waals surface area (Å²) in [5.41, 5.74) is 1.64. The van der Waals surface area contributed by atoms with Gasteiger partial charge < -0.3 is 5.32 Å². The van der Waals surface area contributed by atoms with E-state index in [2.05, 4.69) is 5.32 Å². The molecule has 0 saturated carbocycles. The van der Waals surface area contributed by atoms with Gasteiger partial charge in [0.1, 0.15) is 0 Å². The smallest absolute Gasteiger partial charge is 0.269 e. The number of hydrogen-bond acceptors (Lipinski definition) is 4. The van der Waals surface area contributed by atoms with Crippen molar-refractivity contribution in [3.05, 3.63) is 63.2 Å². The largest absolute Gasteiger partial charge is 0.325 e. The molecule has 0 radical (unpaired) electrons. The summed E-state index contributed by atoms with van der Waals surface area (Å²) >= 11 is 7.23. The molecule has 0 aromatic heterocycles. The first-order valence-electron chi connectivity index (χ1n) is 6.85. The Labute approximate surface area is 143 Å². The van der Waals surface area contributed by atoms with Crippen LogP contribution >= 0.6 is 23.4 Å². The summed E-state index contributed by atoms with van der Waals surface area (Å²) in [5, 5.41) is 13.8. The maximum absolute atomic E-state index is 12.3. The van der Waals surface area contributed by atoms with E-state index in [0.29, 0.717) is 5.02 Å². The molecule has 0 saturated heterocycles. The molecule has 2 aromatic rings. The molecule has 0 spiro atoms. The van der Waals surface area contributed by atoms with Crippen LogP contribution in [-0.4, -0.2) is 16.1 Å². The Morgan fingerprint density at radius 3 is 2.48 bits per heavy atom. The highest BCUT2D eigenvalue weighted by atomic mass is 35.5. The highest BCUT2D eigenvalue weighted by Crippen LogP contribution is 2.27. The fraction of sp³-hybridized carbons (Fsp3) is 0.188. The molecule has 1 amide bonds. The summed E-state index contributed by atoms with van der Waals surface area (Å²) in [6.07, 6.45) is 0. The lowest BCUT2D eigenvalue weighted by molar-refractivity contribution is -0.384. The van der Waals surface area contributed by atoms with E-state index in [1.54, 1.807) is 37.3 Å². The average Bonchev–Trinajstić information content (AvgIpc) is 2.50. The predicted octanol–water partition coefficient (Wildman–Crippen LogP) is 4.68. The van der Waals surface area contributed by atoms with Crippen LogP contribution in [0, 0.1) is 17.0 Å². The number of carbonyl (C=O) groups excluding carboxylic acids is 1. The van der Waals surface area contributed by atoms with E-state index in [0.717, 1.165) is 16.1 Å². The molecule has 0 fully saturated rings. The summed E-state index contributed by atoms with van der Waals surface area (Å²) in [6.45, 7) is 3.66. The van der Waals surface area contributed by atoms with Gasteiger partial charge in [-0.15, -0.1) is 11.8 Å². The number of thioether (sulfide) groups is 1. The summed E-state index contributed by atoms with van der Waals surface area (Å²) in [6, 6.07) is 11.4. The second kappa shape index (κ2) is 7.48. The number of nitrogens with one attached hydrogen (secondary N) is 1. The Kier molecular flexibility index (Phi) is 5.63. The van der Waals surface area contributed by atoms with Crippen LogP contribution in [0.5, 0.6) is 0 Å². The van der Waals surface area contributed by atoms with Crippen LogP contribution in [0.15, 0.2) is 47.4 Å². The maximum Gasteiger partial charge on any atom is 0.269 e. The third-order valence-corrected chi connectivity index (χ3v) is 4.52. The lowest BCUT2D eigenvalue weighted by Gasteiger charge is -2.13. The number of rotatable bonds is 5. The van der Waals surface area contributed by atoms with Crippen molar-refractivity contribution in [1.29, 1.82) is 0 Å². The lowest BCUT2D eigenvalue weighted by Crippen LogP contribution is -2.22. The Bertz CT molecular complexity index is 735. The standard InChI is InChI=1S/C16H15ClN2O3S/c1-10-9-12(17)3-8-15(10)18-16(20)11(2)23-14-6-4-13(5-7-14)19(21)22/h3-9,11H,1-2H3,(H,18,20)/t11-/m0/s1. The lowest BCUT2D eigenvalue weighted by atomic mass is 10.2. The Morgan fingerprint density at radius 2 is 1.91 bits per heavy atom. The highest BCUT2D eigenvalue weighted by molar-refractivity contribution is 8.00. The Hall–Kier alpha value is -2.05. The molecule has 2 rings (SSSR count). The zero-order chi connectivity index (χ0) is 17.0. The predicted molar refractivity (Wildman–Crippen MR) is 93.2 cm³/mol. The molecule has 0 aliphatic carbocycles. The number of nitro benzene ring substituents is 1. The topological polar surface area (TPSA) is 72.2 Å². The van der Waals surface area contributed by atoms with Crippen molar-refractivity contribution in [2.24, 2.45) is 0 Å². The molecule has 5 nitrogen and oxygen atoms in total. The van der Waals surface area contributed by atoms with Gasteiger partial charge in [0.2, 0.25) is 5.91 Å². The molecule has 0 heterocycles. The summed E-state index contributed by atoms with van der Waals surface area (Å²) in [4.78, 5) is 23.2. The Balaban J connectivity index is 2.00. The normalized spacial score (nSPS) is 11.8. The van der Waals surface area contributed by atoms with E-state index in [4.69, 9.17) is 11.6 Å². The second-order valence-electron chi connectivity index (χ2n) is 4.96. The van der Waals surface area contributed by atoms with E-state index < -0.39 is 4.92 Å². The van der Waals surface area contributed by atoms with Crippen LogP contribution in [0.25, 0.3) is 0 Å². The van der Waals surface area contributed by atoms with Gasteiger partial charge in [-0.2, -0.15) is 0 Å². The molecule has 0 bridgehead atoms. The number of amides is 1. The van der Waals surface area contributed by atoms with Crippen molar-refractivity contribution in [3.8, 4) is 0 Å². The number of aryl methyl sites for hydroxylation is 1. The number of non-ortho nitro benzene ring substituents is 1. The van der Waals surface area contributed by atoms with E-state index in [1.165, 1.54) is 23.9 Å². The molecular formula is C16H15ClN2O3S. The number of halogens is 1. The average molecular weight is 351 g/mol. The quantitative estimate of drug-likeness (QED) is 0.483. The van der Waals surface area contributed by atoms with Crippen molar-refractivity contribution >= 4 is 40.6 Å². The van der Waals surface area contributed by atoms with E-state index in [9.17, 15) is 14.9 Å². The van der Waals surface area contributed by atoms with Crippen LogP contribution in [0.4, 0.5) is 11.4 Å². The van der Waals surface area contributed by atoms with Crippen LogP contribution in [-0.2, 0) is 4.79 Å².